The highest BCUT2D eigenvalue weighted by molar-refractivity contribution is 5.85. The Bertz CT molecular complexity index is 672. The zero-order valence-corrected chi connectivity index (χ0v) is 15.3. The SMILES string of the molecule is Cc1ccccc1-n1nccc1CN(C)C1CC2CCC(C1)N2.Cl. The highest BCUT2D eigenvalue weighted by Gasteiger charge is 2.35. The molecule has 3 heterocycles. The standard InChI is InChI=1S/C19H26N4.ClH/c1-14-5-3-4-6-19(14)23-17(9-10-20-23)13-22(2)18-11-15-7-8-16(12-18)21-15;/h3-6,9-10,15-16,18,21H,7-8,11-13H2,1-2H3;1H. The van der Waals surface area contributed by atoms with Crippen molar-refractivity contribution in [3.63, 3.8) is 0 Å². The third-order valence-corrected chi connectivity index (χ3v) is 5.55. The zero-order chi connectivity index (χ0) is 15.8. The number of hydrogen-bond acceptors (Lipinski definition) is 3. The van der Waals surface area contributed by atoms with Crippen molar-refractivity contribution in [3.8, 4) is 5.69 Å². The van der Waals surface area contributed by atoms with E-state index >= 15 is 0 Å². The topological polar surface area (TPSA) is 33.1 Å². The lowest BCUT2D eigenvalue weighted by molar-refractivity contribution is 0.163. The lowest BCUT2D eigenvalue weighted by atomic mass is 9.98. The summed E-state index contributed by atoms with van der Waals surface area (Å²) in [6.07, 6.45) is 7.20. The molecule has 0 spiro atoms. The van der Waals surface area contributed by atoms with Gasteiger partial charge in [0, 0.05) is 30.9 Å². The fourth-order valence-corrected chi connectivity index (χ4v) is 4.24. The van der Waals surface area contributed by atoms with Crippen LogP contribution in [0.5, 0.6) is 0 Å². The van der Waals surface area contributed by atoms with E-state index in [1.807, 2.05) is 6.20 Å². The maximum Gasteiger partial charge on any atom is 0.0678 e. The van der Waals surface area contributed by atoms with Crippen LogP contribution in [0, 0.1) is 6.92 Å². The summed E-state index contributed by atoms with van der Waals surface area (Å²) in [7, 11) is 2.27. The predicted octanol–water partition coefficient (Wildman–Crippen LogP) is 3.32. The number of nitrogens with one attached hydrogen (secondary N) is 1. The van der Waals surface area contributed by atoms with Crippen LogP contribution < -0.4 is 5.32 Å². The third-order valence-electron chi connectivity index (χ3n) is 5.55. The van der Waals surface area contributed by atoms with E-state index in [0.717, 1.165) is 18.6 Å². The van der Waals surface area contributed by atoms with Crippen molar-refractivity contribution in [3.05, 3.63) is 47.8 Å². The first-order chi connectivity index (χ1) is 11.2. The molecular formula is C19H27ClN4. The average molecular weight is 347 g/mol. The second-order valence-electron chi connectivity index (χ2n) is 7.20. The number of piperidine rings is 1. The minimum atomic E-state index is 0. The molecule has 2 saturated heterocycles. The van der Waals surface area contributed by atoms with Crippen LogP contribution in [-0.2, 0) is 6.54 Å². The third kappa shape index (κ3) is 3.37. The van der Waals surface area contributed by atoms with Gasteiger partial charge in [0.1, 0.15) is 0 Å². The second-order valence-corrected chi connectivity index (χ2v) is 7.20. The normalized spacial score (nSPS) is 25.7. The van der Waals surface area contributed by atoms with Gasteiger partial charge < -0.3 is 5.32 Å². The molecule has 2 aliphatic heterocycles. The van der Waals surface area contributed by atoms with Crippen LogP contribution in [0.15, 0.2) is 36.5 Å². The van der Waals surface area contributed by atoms with Gasteiger partial charge in [0.2, 0.25) is 0 Å². The summed E-state index contributed by atoms with van der Waals surface area (Å²) in [4.78, 5) is 2.53. The number of rotatable bonds is 4. The smallest absolute Gasteiger partial charge is 0.0678 e. The van der Waals surface area contributed by atoms with Crippen molar-refractivity contribution in [2.45, 2.75) is 57.3 Å². The monoisotopic (exact) mass is 346 g/mol. The Hall–Kier alpha value is -1.36. The summed E-state index contributed by atoms with van der Waals surface area (Å²) in [6, 6.07) is 12.8. The van der Waals surface area contributed by atoms with Gasteiger partial charge in [0.15, 0.2) is 0 Å². The number of para-hydroxylation sites is 1. The van der Waals surface area contributed by atoms with Crippen LogP contribution in [0.4, 0.5) is 0 Å². The Morgan fingerprint density at radius 3 is 2.58 bits per heavy atom. The number of benzene rings is 1. The van der Waals surface area contributed by atoms with Gasteiger partial charge in [0.05, 0.1) is 11.4 Å². The zero-order valence-electron chi connectivity index (χ0n) is 14.5. The van der Waals surface area contributed by atoms with Crippen molar-refractivity contribution in [1.82, 2.24) is 20.0 Å². The molecular weight excluding hydrogens is 320 g/mol. The summed E-state index contributed by atoms with van der Waals surface area (Å²) < 4.78 is 2.10. The van der Waals surface area contributed by atoms with Crippen molar-refractivity contribution in [2.24, 2.45) is 0 Å². The van der Waals surface area contributed by atoms with E-state index in [1.54, 1.807) is 0 Å². The van der Waals surface area contributed by atoms with Gasteiger partial charge in [-0.2, -0.15) is 5.10 Å². The van der Waals surface area contributed by atoms with Crippen molar-refractivity contribution in [2.75, 3.05) is 7.05 Å². The molecule has 0 aliphatic carbocycles. The van der Waals surface area contributed by atoms with Gasteiger partial charge in [-0.1, -0.05) is 18.2 Å². The van der Waals surface area contributed by atoms with Crippen LogP contribution in [0.3, 0.4) is 0 Å². The molecule has 2 atom stereocenters. The number of aryl methyl sites for hydroxylation is 1. The van der Waals surface area contributed by atoms with Crippen molar-refractivity contribution in [1.29, 1.82) is 0 Å². The van der Waals surface area contributed by atoms with E-state index < -0.39 is 0 Å². The summed E-state index contributed by atoms with van der Waals surface area (Å²) in [5.41, 5.74) is 3.72. The molecule has 0 amide bonds. The average Bonchev–Trinajstić information content (AvgIpc) is 3.14. The van der Waals surface area contributed by atoms with Crippen LogP contribution in [0.25, 0.3) is 5.69 Å². The first kappa shape index (κ1) is 17.5. The summed E-state index contributed by atoms with van der Waals surface area (Å²) in [5, 5.41) is 8.30. The number of halogens is 1. The maximum absolute atomic E-state index is 4.57. The Labute approximate surface area is 150 Å². The van der Waals surface area contributed by atoms with Crippen LogP contribution >= 0.6 is 12.4 Å². The van der Waals surface area contributed by atoms with Gasteiger partial charge >= 0.3 is 0 Å². The number of fused-ring (bicyclic) bond motifs is 2. The Morgan fingerprint density at radius 1 is 1.17 bits per heavy atom. The number of hydrogen-bond donors (Lipinski definition) is 1. The van der Waals surface area contributed by atoms with E-state index in [4.69, 9.17) is 0 Å². The van der Waals surface area contributed by atoms with Crippen molar-refractivity contribution < 1.29 is 0 Å². The first-order valence-corrected chi connectivity index (χ1v) is 8.76. The Morgan fingerprint density at radius 2 is 1.88 bits per heavy atom. The van der Waals surface area contributed by atoms with E-state index in [0.29, 0.717) is 6.04 Å². The molecule has 2 unspecified atom stereocenters. The number of nitrogens with zero attached hydrogens (tertiary/aromatic N) is 3. The minimum absolute atomic E-state index is 0. The van der Waals surface area contributed by atoms with Gasteiger partial charge in [-0.3, -0.25) is 4.90 Å². The molecule has 1 aromatic heterocycles. The van der Waals surface area contributed by atoms with Crippen molar-refractivity contribution >= 4 is 12.4 Å². The molecule has 130 valence electrons. The molecule has 24 heavy (non-hydrogen) atoms. The van der Waals surface area contributed by atoms with E-state index in [2.05, 4.69) is 64.3 Å². The molecule has 1 N–H and O–H groups in total. The van der Waals surface area contributed by atoms with E-state index in [1.165, 1.54) is 42.6 Å². The van der Waals surface area contributed by atoms with Gasteiger partial charge in [0.25, 0.3) is 0 Å². The molecule has 0 saturated carbocycles. The molecule has 2 aromatic rings. The van der Waals surface area contributed by atoms with Gasteiger partial charge in [-0.25, -0.2) is 4.68 Å². The fourth-order valence-electron chi connectivity index (χ4n) is 4.24. The molecule has 5 heteroatoms. The van der Waals surface area contributed by atoms with Gasteiger partial charge in [-0.05, 0) is 57.4 Å². The fraction of sp³-hybridized carbons (Fsp3) is 0.526. The lowest BCUT2D eigenvalue weighted by Crippen LogP contribution is -2.46. The quantitative estimate of drug-likeness (QED) is 0.922. The van der Waals surface area contributed by atoms with Crippen LogP contribution in [0.2, 0.25) is 0 Å². The summed E-state index contributed by atoms with van der Waals surface area (Å²) >= 11 is 0. The molecule has 4 nitrogen and oxygen atoms in total. The van der Waals surface area contributed by atoms with Gasteiger partial charge in [-0.15, -0.1) is 12.4 Å². The maximum atomic E-state index is 4.57. The van der Waals surface area contributed by atoms with Crippen LogP contribution in [-0.4, -0.2) is 39.9 Å². The predicted molar refractivity (Wildman–Crippen MR) is 100.0 cm³/mol. The summed E-state index contributed by atoms with van der Waals surface area (Å²) in [5.74, 6) is 0. The second kappa shape index (κ2) is 7.26. The molecule has 2 bridgehead atoms. The minimum Gasteiger partial charge on any atom is -0.311 e. The Balaban J connectivity index is 0.00000169. The number of aromatic nitrogens is 2. The Kier molecular flexibility index (Phi) is 5.28. The van der Waals surface area contributed by atoms with E-state index in [-0.39, 0.29) is 12.4 Å². The van der Waals surface area contributed by atoms with Crippen LogP contribution in [0.1, 0.15) is 36.9 Å². The molecule has 0 radical (unpaired) electrons. The van der Waals surface area contributed by atoms with E-state index in [9.17, 15) is 0 Å². The highest BCUT2D eigenvalue weighted by atomic mass is 35.5. The first-order valence-electron chi connectivity index (χ1n) is 8.76. The lowest BCUT2D eigenvalue weighted by Gasteiger charge is -2.35. The highest BCUT2D eigenvalue weighted by Crippen LogP contribution is 2.30. The molecule has 2 fully saturated rings. The largest absolute Gasteiger partial charge is 0.311 e. The molecule has 2 aliphatic rings. The molecule has 4 rings (SSSR count). The summed E-state index contributed by atoms with van der Waals surface area (Å²) in [6.45, 7) is 3.10. The molecule has 1 aromatic carbocycles.